The van der Waals surface area contributed by atoms with Crippen LogP contribution in [0.3, 0.4) is 0 Å². The molecule has 20 heavy (non-hydrogen) atoms. The Morgan fingerprint density at radius 2 is 2.05 bits per heavy atom. The minimum atomic E-state index is 0.310. The van der Waals surface area contributed by atoms with Gasteiger partial charge in [0.2, 0.25) is 0 Å². The molecular weight excluding hydrogens is 246 g/mol. The van der Waals surface area contributed by atoms with E-state index in [9.17, 15) is 0 Å². The molecule has 1 fully saturated rings. The largest absolute Gasteiger partial charge is 0.330 e. The molecule has 0 radical (unpaired) electrons. The fourth-order valence-electron chi connectivity index (χ4n) is 3.67. The average molecular weight is 277 g/mol. The van der Waals surface area contributed by atoms with Gasteiger partial charge in [0.25, 0.3) is 0 Å². The average Bonchev–Trinajstić information content (AvgIpc) is 2.79. The van der Waals surface area contributed by atoms with Gasteiger partial charge in [-0.3, -0.25) is 4.68 Å². The van der Waals surface area contributed by atoms with E-state index in [1.165, 1.54) is 37.1 Å². The third kappa shape index (κ3) is 3.25. The molecule has 3 nitrogen and oxygen atoms in total. The molecule has 0 unspecified atom stereocenters. The van der Waals surface area contributed by atoms with Gasteiger partial charge in [-0.2, -0.15) is 5.10 Å². The number of hydrogen-bond donors (Lipinski definition) is 1. The Morgan fingerprint density at radius 1 is 1.40 bits per heavy atom. The maximum Gasteiger partial charge on any atom is 0.0624 e. The van der Waals surface area contributed by atoms with Gasteiger partial charge in [0.1, 0.15) is 0 Å². The molecular formula is C17H31N3. The molecule has 0 aliphatic heterocycles. The van der Waals surface area contributed by atoms with Crippen LogP contribution in [0.25, 0.3) is 0 Å². The van der Waals surface area contributed by atoms with Gasteiger partial charge in [0.05, 0.1) is 5.69 Å². The van der Waals surface area contributed by atoms with Crippen molar-refractivity contribution in [1.29, 1.82) is 0 Å². The second-order valence-corrected chi connectivity index (χ2v) is 7.07. The van der Waals surface area contributed by atoms with Crippen LogP contribution >= 0.6 is 0 Å². The molecule has 1 saturated carbocycles. The van der Waals surface area contributed by atoms with Crippen molar-refractivity contribution in [2.45, 2.75) is 59.3 Å². The minimum absolute atomic E-state index is 0.310. The molecule has 0 spiro atoms. The summed E-state index contributed by atoms with van der Waals surface area (Å²) in [5.41, 5.74) is 9.03. The topological polar surface area (TPSA) is 43.8 Å². The Morgan fingerprint density at radius 3 is 2.50 bits per heavy atom. The summed E-state index contributed by atoms with van der Waals surface area (Å²) in [7, 11) is 2.07. The van der Waals surface area contributed by atoms with Crippen LogP contribution in [-0.2, 0) is 19.9 Å². The molecule has 2 rings (SSSR count). The Labute approximate surface area is 123 Å². The first kappa shape index (κ1) is 15.6. The standard InChI is InChI=1S/C17H31N3/c1-5-15-10-16(20(4)19-15)11-17(12-18)8-6-14(7-9-17)13(2)3/h10,13-14H,5-9,11-12,18H2,1-4H3. The van der Waals surface area contributed by atoms with E-state index in [1.54, 1.807) is 0 Å². The maximum atomic E-state index is 6.17. The van der Waals surface area contributed by atoms with Gasteiger partial charge < -0.3 is 5.73 Å². The highest BCUT2D eigenvalue weighted by atomic mass is 15.3. The van der Waals surface area contributed by atoms with Crippen LogP contribution < -0.4 is 5.73 Å². The highest BCUT2D eigenvalue weighted by Gasteiger charge is 2.35. The summed E-state index contributed by atoms with van der Waals surface area (Å²) in [6, 6.07) is 2.27. The fourth-order valence-corrected chi connectivity index (χ4v) is 3.67. The van der Waals surface area contributed by atoms with Gasteiger partial charge in [-0.15, -0.1) is 0 Å². The van der Waals surface area contributed by atoms with Gasteiger partial charge in [-0.05, 0) is 68.4 Å². The van der Waals surface area contributed by atoms with Crippen LogP contribution in [0.5, 0.6) is 0 Å². The van der Waals surface area contributed by atoms with E-state index in [-0.39, 0.29) is 0 Å². The second kappa shape index (κ2) is 6.30. The lowest BCUT2D eigenvalue weighted by molar-refractivity contribution is 0.130. The molecule has 3 heteroatoms. The lowest BCUT2D eigenvalue weighted by Crippen LogP contribution is -2.38. The smallest absolute Gasteiger partial charge is 0.0624 e. The molecule has 0 atom stereocenters. The second-order valence-electron chi connectivity index (χ2n) is 7.07. The molecule has 1 aliphatic carbocycles. The van der Waals surface area contributed by atoms with E-state index >= 15 is 0 Å². The summed E-state index contributed by atoms with van der Waals surface area (Å²) in [5, 5.41) is 4.58. The number of rotatable bonds is 5. The quantitative estimate of drug-likeness (QED) is 0.897. The van der Waals surface area contributed by atoms with Crippen LogP contribution in [0.2, 0.25) is 0 Å². The van der Waals surface area contributed by atoms with E-state index in [4.69, 9.17) is 5.73 Å². The minimum Gasteiger partial charge on any atom is -0.330 e. The SMILES string of the molecule is CCc1cc(CC2(CN)CCC(C(C)C)CC2)n(C)n1. The lowest BCUT2D eigenvalue weighted by Gasteiger charge is -2.40. The first-order valence-corrected chi connectivity index (χ1v) is 8.21. The summed E-state index contributed by atoms with van der Waals surface area (Å²) in [5.74, 6) is 1.71. The van der Waals surface area contributed by atoms with Crippen molar-refractivity contribution in [2.75, 3.05) is 6.54 Å². The van der Waals surface area contributed by atoms with Crippen molar-refractivity contribution in [1.82, 2.24) is 9.78 Å². The molecule has 1 aliphatic rings. The van der Waals surface area contributed by atoms with Gasteiger partial charge in [-0.1, -0.05) is 20.8 Å². The summed E-state index contributed by atoms with van der Waals surface area (Å²) in [6.07, 6.45) is 7.34. The summed E-state index contributed by atoms with van der Waals surface area (Å²) in [6.45, 7) is 7.69. The van der Waals surface area contributed by atoms with Crippen LogP contribution in [-0.4, -0.2) is 16.3 Å². The maximum absolute atomic E-state index is 6.17. The third-order valence-corrected chi connectivity index (χ3v) is 5.41. The van der Waals surface area contributed by atoms with E-state index < -0.39 is 0 Å². The van der Waals surface area contributed by atoms with Crippen molar-refractivity contribution >= 4 is 0 Å². The molecule has 1 aromatic rings. The van der Waals surface area contributed by atoms with Gasteiger partial charge in [0, 0.05) is 12.7 Å². The van der Waals surface area contributed by atoms with Crippen molar-refractivity contribution in [3.05, 3.63) is 17.5 Å². The van der Waals surface area contributed by atoms with E-state index in [1.807, 2.05) is 0 Å². The molecule has 1 heterocycles. The zero-order valence-corrected chi connectivity index (χ0v) is 13.7. The van der Waals surface area contributed by atoms with Crippen LogP contribution in [0, 0.1) is 17.3 Å². The molecule has 114 valence electrons. The van der Waals surface area contributed by atoms with Gasteiger partial charge >= 0.3 is 0 Å². The number of nitrogens with zero attached hydrogens (tertiary/aromatic N) is 2. The summed E-state index contributed by atoms with van der Waals surface area (Å²) < 4.78 is 2.06. The monoisotopic (exact) mass is 277 g/mol. The van der Waals surface area contributed by atoms with E-state index in [0.717, 1.165) is 31.2 Å². The number of aromatic nitrogens is 2. The van der Waals surface area contributed by atoms with Gasteiger partial charge in [-0.25, -0.2) is 0 Å². The summed E-state index contributed by atoms with van der Waals surface area (Å²) >= 11 is 0. The first-order valence-electron chi connectivity index (χ1n) is 8.21. The highest BCUT2D eigenvalue weighted by molar-refractivity contribution is 5.13. The molecule has 2 N–H and O–H groups in total. The number of nitrogens with two attached hydrogens (primary N) is 1. The fraction of sp³-hybridized carbons (Fsp3) is 0.824. The zero-order valence-electron chi connectivity index (χ0n) is 13.7. The van der Waals surface area contributed by atoms with Crippen molar-refractivity contribution < 1.29 is 0 Å². The molecule has 0 bridgehead atoms. The van der Waals surface area contributed by atoms with Crippen molar-refractivity contribution in [3.8, 4) is 0 Å². The van der Waals surface area contributed by atoms with E-state index in [2.05, 4.69) is 43.7 Å². The predicted octanol–water partition coefficient (Wildman–Crippen LogP) is 3.32. The molecule has 1 aromatic heterocycles. The van der Waals surface area contributed by atoms with Crippen LogP contribution in [0.15, 0.2) is 6.07 Å². The van der Waals surface area contributed by atoms with Crippen LogP contribution in [0.1, 0.15) is 57.8 Å². The number of aryl methyl sites for hydroxylation is 2. The Balaban J connectivity index is 2.07. The zero-order chi connectivity index (χ0) is 14.8. The predicted molar refractivity (Wildman–Crippen MR) is 84.6 cm³/mol. The molecule has 0 saturated heterocycles. The van der Waals surface area contributed by atoms with Crippen molar-refractivity contribution in [2.24, 2.45) is 30.0 Å². The lowest BCUT2D eigenvalue weighted by atomic mass is 9.66. The third-order valence-electron chi connectivity index (χ3n) is 5.41. The van der Waals surface area contributed by atoms with Gasteiger partial charge in [0.15, 0.2) is 0 Å². The van der Waals surface area contributed by atoms with Crippen molar-refractivity contribution in [3.63, 3.8) is 0 Å². The first-order chi connectivity index (χ1) is 9.49. The Kier molecular flexibility index (Phi) is 4.90. The Bertz CT molecular complexity index is 425. The Hall–Kier alpha value is -0.830. The van der Waals surface area contributed by atoms with E-state index in [0.29, 0.717) is 5.41 Å². The number of hydrogen-bond acceptors (Lipinski definition) is 2. The highest BCUT2D eigenvalue weighted by Crippen LogP contribution is 2.42. The molecule has 0 aromatic carbocycles. The van der Waals surface area contributed by atoms with Crippen LogP contribution in [0.4, 0.5) is 0 Å². The normalized spacial score (nSPS) is 27.2. The summed E-state index contributed by atoms with van der Waals surface area (Å²) in [4.78, 5) is 0. The molecule has 0 amide bonds.